The lowest BCUT2D eigenvalue weighted by atomic mass is 9.85. The third-order valence-electron chi connectivity index (χ3n) is 3.97. The van der Waals surface area contributed by atoms with Crippen LogP contribution < -0.4 is 10.6 Å². The molecule has 0 aliphatic heterocycles. The fourth-order valence-electron chi connectivity index (χ4n) is 2.32. The van der Waals surface area contributed by atoms with Crippen molar-refractivity contribution in [1.82, 2.24) is 4.98 Å². The highest BCUT2D eigenvalue weighted by atomic mass is 35.5. The molecule has 2 aromatic rings. The van der Waals surface area contributed by atoms with E-state index < -0.39 is 0 Å². The maximum atomic E-state index is 11.9. The van der Waals surface area contributed by atoms with Gasteiger partial charge in [-0.3, -0.25) is 4.79 Å². The van der Waals surface area contributed by atoms with E-state index in [0.717, 1.165) is 36.2 Å². The number of rotatable bonds is 4. The Hall–Kier alpha value is -2.07. The van der Waals surface area contributed by atoms with Crippen molar-refractivity contribution in [1.29, 1.82) is 0 Å². The van der Waals surface area contributed by atoms with Gasteiger partial charge in [0.1, 0.15) is 5.82 Å². The van der Waals surface area contributed by atoms with E-state index in [2.05, 4.69) is 15.6 Å². The minimum atomic E-state index is 0.0742. The van der Waals surface area contributed by atoms with E-state index in [4.69, 9.17) is 11.6 Å². The van der Waals surface area contributed by atoms with Gasteiger partial charge < -0.3 is 10.6 Å². The number of anilines is 3. The summed E-state index contributed by atoms with van der Waals surface area (Å²) < 4.78 is 0. The van der Waals surface area contributed by atoms with Gasteiger partial charge in [0.25, 0.3) is 0 Å². The number of pyridine rings is 1. The Labute approximate surface area is 134 Å². The highest BCUT2D eigenvalue weighted by Gasteiger charge is 2.25. The molecule has 2 N–H and O–H groups in total. The number of carbonyl (C=O) groups excluding carboxylic acids is 1. The lowest BCUT2D eigenvalue weighted by Gasteiger charge is -2.23. The second kappa shape index (κ2) is 6.36. The Balaban J connectivity index is 1.66. The van der Waals surface area contributed by atoms with E-state index in [1.54, 1.807) is 12.3 Å². The first-order valence-corrected chi connectivity index (χ1v) is 7.80. The standard InChI is InChI=1S/C17H18ClN3O/c1-11-5-6-13(18)9-15(11)20-14-7-8-16(19-10-14)21-17(22)12-3-2-4-12/h5-10,12,20H,2-4H2,1H3,(H,19,21,22). The predicted molar refractivity (Wildman–Crippen MR) is 89.7 cm³/mol. The Morgan fingerprint density at radius 3 is 2.73 bits per heavy atom. The van der Waals surface area contributed by atoms with Gasteiger partial charge in [0.05, 0.1) is 11.9 Å². The van der Waals surface area contributed by atoms with E-state index in [1.807, 2.05) is 31.2 Å². The smallest absolute Gasteiger partial charge is 0.228 e. The maximum absolute atomic E-state index is 11.9. The van der Waals surface area contributed by atoms with Gasteiger partial charge in [-0.1, -0.05) is 24.1 Å². The zero-order valence-corrected chi connectivity index (χ0v) is 13.2. The zero-order valence-electron chi connectivity index (χ0n) is 12.4. The third-order valence-corrected chi connectivity index (χ3v) is 4.20. The summed E-state index contributed by atoms with van der Waals surface area (Å²) in [7, 11) is 0. The molecule has 0 saturated heterocycles. The summed E-state index contributed by atoms with van der Waals surface area (Å²) in [6.45, 7) is 2.01. The van der Waals surface area contributed by atoms with Gasteiger partial charge in [-0.15, -0.1) is 0 Å². The van der Waals surface area contributed by atoms with Crippen LogP contribution in [0.15, 0.2) is 36.5 Å². The lowest BCUT2D eigenvalue weighted by Crippen LogP contribution is -2.28. The van der Waals surface area contributed by atoms with Crippen LogP contribution in [0.4, 0.5) is 17.2 Å². The number of nitrogens with zero attached hydrogens (tertiary/aromatic N) is 1. The van der Waals surface area contributed by atoms with Crippen molar-refractivity contribution in [3.63, 3.8) is 0 Å². The SMILES string of the molecule is Cc1ccc(Cl)cc1Nc1ccc(NC(=O)C2CCC2)nc1. The molecule has 114 valence electrons. The van der Waals surface area contributed by atoms with Crippen LogP contribution in [0.25, 0.3) is 0 Å². The van der Waals surface area contributed by atoms with Crippen LogP contribution in [-0.2, 0) is 4.79 Å². The predicted octanol–water partition coefficient (Wildman–Crippen LogP) is 4.53. The average molecular weight is 316 g/mol. The number of amides is 1. The molecule has 1 aliphatic carbocycles. The van der Waals surface area contributed by atoms with E-state index in [-0.39, 0.29) is 11.8 Å². The Morgan fingerprint density at radius 2 is 2.09 bits per heavy atom. The first-order chi connectivity index (χ1) is 10.6. The Morgan fingerprint density at radius 1 is 1.27 bits per heavy atom. The summed E-state index contributed by atoms with van der Waals surface area (Å²) in [5, 5.41) is 6.82. The zero-order chi connectivity index (χ0) is 15.5. The Bertz CT molecular complexity index is 681. The van der Waals surface area contributed by atoms with E-state index in [9.17, 15) is 4.79 Å². The third kappa shape index (κ3) is 3.39. The molecule has 0 atom stereocenters. The van der Waals surface area contributed by atoms with Gasteiger partial charge in [-0.25, -0.2) is 4.98 Å². The molecular weight excluding hydrogens is 298 g/mol. The van der Waals surface area contributed by atoms with Crippen LogP contribution in [0.5, 0.6) is 0 Å². The molecule has 0 bridgehead atoms. The van der Waals surface area contributed by atoms with Gasteiger partial charge in [0, 0.05) is 16.6 Å². The first-order valence-electron chi connectivity index (χ1n) is 7.42. The molecule has 1 saturated carbocycles. The molecule has 4 nitrogen and oxygen atoms in total. The number of benzene rings is 1. The fraction of sp³-hybridized carbons (Fsp3) is 0.294. The van der Waals surface area contributed by atoms with Crippen molar-refractivity contribution >= 4 is 34.7 Å². The minimum absolute atomic E-state index is 0.0742. The molecule has 1 aromatic heterocycles. The molecule has 1 fully saturated rings. The van der Waals surface area contributed by atoms with Gasteiger partial charge in [0.2, 0.25) is 5.91 Å². The normalized spacial score (nSPS) is 14.3. The molecular formula is C17H18ClN3O. The average Bonchev–Trinajstić information content (AvgIpc) is 2.43. The second-order valence-corrected chi connectivity index (χ2v) is 6.07. The number of aromatic nitrogens is 1. The van der Waals surface area contributed by atoms with Gasteiger partial charge in [0.15, 0.2) is 0 Å². The van der Waals surface area contributed by atoms with Crippen LogP contribution in [-0.4, -0.2) is 10.9 Å². The lowest BCUT2D eigenvalue weighted by molar-refractivity contribution is -0.122. The molecule has 0 unspecified atom stereocenters. The molecule has 22 heavy (non-hydrogen) atoms. The number of hydrogen-bond donors (Lipinski definition) is 2. The van der Waals surface area contributed by atoms with Crippen molar-refractivity contribution in [3.05, 3.63) is 47.1 Å². The fourth-order valence-corrected chi connectivity index (χ4v) is 2.50. The highest BCUT2D eigenvalue weighted by Crippen LogP contribution is 2.28. The van der Waals surface area contributed by atoms with E-state index in [1.165, 1.54) is 0 Å². The minimum Gasteiger partial charge on any atom is -0.354 e. The number of aryl methyl sites for hydroxylation is 1. The molecule has 1 heterocycles. The molecule has 1 aliphatic rings. The second-order valence-electron chi connectivity index (χ2n) is 5.63. The molecule has 1 aromatic carbocycles. The topological polar surface area (TPSA) is 54.0 Å². The summed E-state index contributed by atoms with van der Waals surface area (Å²) in [6.07, 6.45) is 4.82. The quantitative estimate of drug-likeness (QED) is 0.871. The Kier molecular flexibility index (Phi) is 4.29. The van der Waals surface area contributed by atoms with Crippen molar-refractivity contribution in [2.75, 3.05) is 10.6 Å². The molecule has 0 spiro atoms. The summed E-state index contributed by atoms with van der Waals surface area (Å²) >= 11 is 6.01. The highest BCUT2D eigenvalue weighted by molar-refractivity contribution is 6.30. The van der Waals surface area contributed by atoms with Crippen molar-refractivity contribution in [3.8, 4) is 0 Å². The maximum Gasteiger partial charge on any atom is 0.228 e. The number of carbonyl (C=O) groups is 1. The molecule has 1 amide bonds. The van der Waals surface area contributed by atoms with E-state index >= 15 is 0 Å². The van der Waals surface area contributed by atoms with Crippen LogP contribution in [0.2, 0.25) is 5.02 Å². The molecule has 0 radical (unpaired) electrons. The summed E-state index contributed by atoms with van der Waals surface area (Å²) in [5.41, 5.74) is 2.90. The monoisotopic (exact) mass is 315 g/mol. The van der Waals surface area contributed by atoms with Gasteiger partial charge in [-0.05, 0) is 49.6 Å². The molecule has 5 heteroatoms. The summed E-state index contributed by atoms with van der Waals surface area (Å²) in [6, 6.07) is 9.40. The summed E-state index contributed by atoms with van der Waals surface area (Å²) in [5.74, 6) is 0.823. The van der Waals surface area contributed by atoms with Crippen LogP contribution in [0.3, 0.4) is 0 Å². The van der Waals surface area contributed by atoms with Crippen molar-refractivity contribution < 1.29 is 4.79 Å². The van der Waals surface area contributed by atoms with Crippen molar-refractivity contribution in [2.24, 2.45) is 5.92 Å². The van der Waals surface area contributed by atoms with E-state index in [0.29, 0.717) is 10.8 Å². The largest absolute Gasteiger partial charge is 0.354 e. The first kappa shape index (κ1) is 14.9. The number of halogens is 1. The van der Waals surface area contributed by atoms with Crippen LogP contribution in [0, 0.1) is 12.8 Å². The van der Waals surface area contributed by atoms with Crippen LogP contribution >= 0.6 is 11.6 Å². The van der Waals surface area contributed by atoms with Crippen LogP contribution in [0.1, 0.15) is 24.8 Å². The molecule has 3 rings (SSSR count). The van der Waals surface area contributed by atoms with Gasteiger partial charge >= 0.3 is 0 Å². The summed E-state index contributed by atoms with van der Waals surface area (Å²) in [4.78, 5) is 16.2. The van der Waals surface area contributed by atoms with Gasteiger partial charge in [-0.2, -0.15) is 0 Å². The van der Waals surface area contributed by atoms with Crippen molar-refractivity contribution in [2.45, 2.75) is 26.2 Å². The number of nitrogens with one attached hydrogen (secondary N) is 2. The number of hydrogen-bond acceptors (Lipinski definition) is 3.